The second-order valence-corrected chi connectivity index (χ2v) is 5.81. The van der Waals surface area contributed by atoms with Crippen LogP contribution in [0.25, 0.3) is 0 Å². The maximum Gasteiger partial charge on any atom is 0.320 e. The van der Waals surface area contributed by atoms with Gasteiger partial charge in [0.2, 0.25) is 0 Å². The molecule has 2 aliphatic rings. The summed E-state index contributed by atoms with van der Waals surface area (Å²) in [5.41, 5.74) is 0. The van der Waals surface area contributed by atoms with E-state index in [0.29, 0.717) is 6.04 Å². The number of hydrogen-bond donors (Lipinski definition) is 2. The molecule has 0 amide bonds. The molecule has 0 spiro atoms. The molecule has 0 radical (unpaired) electrons. The van der Waals surface area contributed by atoms with Crippen molar-refractivity contribution in [2.24, 2.45) is 11.8 Å². The van der Waals surface area contributed by atoms with Crippen LogP contribution in [0.4, 0.5) is 0 Å². The average Bonchev–Trinajstić information content (AvgIpc) is 3.12. The number of carboxylic acids is 1. The first-order valence-corrected chi connectivity index (χ1v) is 7.19. The first-order valence-electron chi connectivity index (χ1n) is 7.19. The van der Waals surface area contributed by atoms with Gasteiger partial charge in [0.1, 0.15) is 6.04 Å². The highest BCUT2D eigenvalue weighted by atomic mass is 16.4. The summed E-state index contributed by atoms with van der Waals surface area (Å²) in [6.07, 6.45) is 9.52. The molecule has 3 heteroatoms. The van der Waals surface area contributed by atoms with Crippen LogP contribution < -0.4 is 5.32 Å². The monoisotopic (exact) mass is 239 g/mol. The normalized spacial score (nSPS) is 31.1. The lowest BCUT2D eigenvalue weighted by molar-refractivity contribution is -0.140. The maximum absolute atomic E-state index is 11.1. The molecule has 0 aromatic carbocycles. The molecule has 98 valence electrons. The van der Waals surface area contributed by atoms with E-state index in [2.05, 4.69) is 5.32 Å². The number of rotatable bonds is 6. The van der Waals surface area contributed by atoms with Gasteiger partial charge in [-0.3, -0.25) is 4.79 Å². The summed E-state index contributed by atoms with van der Waals surface area (Å²) < 4.78 is 0. The van der Waals surface area contributed by atoms with Crippen LogP contribution in [0.2, 0.25) is 0 Å². The van der Waals surface area contributed by atoms with Gasteiger partial charge in [0.15, 0.2) is 0 Å². The smallest absolute Gasteiger partial charge is 0.320 e. The van der Waals surface area contributed by atoms with Crippen molar-refractivity contribution in [1.29, 1.82) is 0 Å². The van der Waals surface area contributed by atoms with E-state index in [9.17, 15) is 4.79 Å². The van der Waals surface area contributed by atoms with Crippen molar-refractivity contribution in [3.05, 3.63) is 0 Å². The van der Waals surface area contributed by atoms with Crippen LogP contribution in [-0.4, -0.2) is 23.2 Å². The van der Waals surface area contributed by atoms with Crippen LogP contribution in [0.1, 0.15) is 58.3 Å². The summed E-state index contributed by atoms with van der Waals surface area (Å²) in [5.74, 6) is 1.16. The zero-order valence-electron chi connectivity index (χ0n) is 10.8. The van der Waals surface area contributed by atoms with Gasteiger partial charge in [-0.05, 0) is 43.9 Å². The van der Waals surface area contributed by atoms with Gasteiger partial charge in [-0.1, -0.05) is 26.2 Å². The molecule has 2 fully saturated rings. The maximum atomic E-state index is 11.1. The standard InChI is InChI=1S/C14H25NO2/c1-2-4-13(14(16)17)15-12-6-3-5-11(9-12)10-7-8-10/h10-13,15H,2-9H2,1H3,(H,16,17). The van der Waals surface area contributed by atoms with Crippen LogP contribution in [0.5, 0.6) is 0 Å². The molecule has 3 nitrogen and oxygen atoms in total. The largest absolute Gasteiger partial charge is 0.480 e. The van der Waals surface area contributed by atoms with Gasteiger partial charge < -0.3 is 10.4 Å². The van der Waals surface area contributed by atoms with Gasteiger partial charge in [0, 0.05) is 6.04 Å². The Bertz CT molecular complexity index is 263. The van der Waals surface area contributed by atoms with Gasteiger partial charge in [-0.15, -0.1) is 0 Å². The molecular weight excluding hydrogens is 214 g/mol. The Kier molecular flexibility index (Phi) is 4.43. The highest BCUT2D eigenvalue weighted by molar-refractivity contribution is 5.73. The van der Waals surface area contributed by atoms with Crippen molar-refractivity contribution in [3.8, 4) is 0 Å². The lowest BCUT2D eigenvalue weighted by Crippen LogP contribution is -2.45. The molecule has 0 aromatic rings. The molecule has 2 rings (SSSR count). The highest BCUT2D eigenvalue weighted by Crippen LogP contribution is 2.43. The quantitative estimate of drug-likeness (QED) is 0.749. The number of hydrogen-bond acceptors (Lipinski definition) is 2. The topological polar surface area (TPSA) is 49.3 Å². The number of nitrogens with one attached hydrogen (secondary N) is 1. The third kappa shape index (κ3) is 3.70. The second kappa shape index (κ2) is 5.85. The third-order valence-electron chi connectivity index (χ3n) is 4.32. The predicted octanol–water partition coefficient (Wildman–Crippen LogP) is 2.80. The van der Waals surface area contributed by atoms with E-state index in [0.717, 1.165) is 31.1 Å². The van der Waals surface area contributed by atoms with E-state index < -0.39 is 5.97 Å². The Morgan fingerprint density at radius 1 is 1.29 bits per heavy atom. The minimum Gasteiger partial charge on any atom is -0.480 e. The second-order valence-electron chi connectivity index (χ2n) is 5.81. The fourth-order valence-corrected chi connectivity index (χ4v) is 3.23. The van der Waals surface area contributed by atoms with Crippen LogP contribution >= 0.6 is 0 Å². The predicted molar refractivity (Wildman–Crippen MR) is 67.9 cm³/mol. The molecule has 17 heavy (non-hydrogen) atoms. The number of aliphatic carboxylic acids is 1. The van der Waals surface area contributed by atoms with E-state index in [1.807, 2.05) is 6.92 Å². The molecule has 3 atom stereocenters. The van der Waals surface area contributed by atoms with Crippen LogP contribution in [-0.2, 0) is 4.79 Å². The number of carboxylic acid groups (broad SMARTS) is 1. The fourth-order valence-electron chi connectivity index (χ4n) is 3.23. The van der Waals surface area contributed by atoms with E-state index in [-0.39, 0.29) is 6.04 Å². The van der Waals surface area contributed by atoms with Crippen molar-refractivity contribution in [2.75, 3.05) is 0 Å². The summed E-state index contributed by atoms with van der Waals surface area (Å²) >= 11 is 0. The molecule has 0 heterocycles. The molecular formula is C14H25NO2. The minimum atomic E-state index is -0.680. The van der Waals surface area contributed by atoms with Crippen LogP contribution in [0.15, 0.2) is 0 Å². The van der Waals surface area contributed by atoms with Gasteiger partial charge in [-0.25, -0.2) is 0 Å². The molecule has 0 aliphatic heterocycles. The molecule has 3 unspecified atom stereocenters. The van der Waals surface area contributed by atoms with Crippen molar-refractivity contribution < 1.29 is 9.90 Å². The SMILES string of the molecule is CCCC(NC1CCCC(C2CC2)C1)C(=O)O. The van der Waals surface area contributed by atoms with Crippen molar-refractivity contribution in [3.63, 3.8) is 0 Å². The van der Waals surface area contributed by atoms with E-state index in [4.69, 9.17) is 5.11 Å². The Balaban J connectivity index is 1.81. The van der Waals surface area contributed by atoms with E-state index in [1.54, 1.807) is 0 Å². The molecule has 0 saturated heterocycles. The Labute approximate surface area is 104 Å². The van der Waals surface area contributed by atoms with E-state index in [1.165, 1.54) is 32.1 Å². The molecule has 2 saturated carbocycles. The first-order chi connectivity index (χ1) is 8.20. The summed E-state index contributed by atoms with van der Waals surface area (Å²) in [4.78, 5) is 11.1. The summed E-state index contributed by atoms with van der Waals surface area (Å²) in [5, 5.41) is 12.5. The van der Waals surface area contributed by atoms with Gasteiger partial charge in [0.25, 0.3) is 0 Å². The van der Waals surface area contributed by atoms with E-state index >= 15 is 0 Å². The van der Waals surface area contributed by atoms with Crippen molar-refractivity contribution in [1.82, 2.24) is 5.32 Å². The minimum absolute atomic E-state index is 0.331. The Hall–Kier alpha value is -0.570. The third-order valence-corrected chi connectivity index (χ3v) is 4.32. The Morgan fingerprint density at radius 2 is 2.06 bits per heavy atom. The first kappa shape index (κ1) is 12.9. The lowest BCUT2D eigenvalue weighted by Gasteiger charge is -2.32. The zero-order valence-corrected chi connectivity index (χ0v) is 10.8. The van der Waals surface area contributed by atoms with Crippen LogP contribution in [0, 0.1) is 11.8 Å². The van der Waals surface area contributed by atoms with Crippen LogP contribution in [0.3, 0.4) is 0 Å². The summed E-state index contributed by atoms with van der Waals surface area (Å²) in [6.45, 7) is 2.05. The highest BCUT2D eigenvalue weighted by Gasteiger charge is 2.35. The van der Waals surface area contributed by atoms with Crippen molar-refractivity contribution in [2.45, 2.75) is 70.4 Å². The molecule has 2 aliphatic carbocycles. The van der Waals surface area contributed by atoms with Gasteiger partial charge in [0.05, 0.1) is 0 Å². The Morgan fingerprint density at radius 3 is 2.65 bits per heavy atom. The summed E-state index contributed by atoms with van der Waals surface area (Å²) in [6, 6.07) is 0.116. The number of carbonyl (C=O) groups is 1. The average molecular weight is 239 g/mol. The molecule has 0 bridgehead atoms. The van der Waals surface area contributed by atoms with Gasteiger partial charge >= 0.3 is 5.97 Å². The summed E-state index contributed by atoms with van der Waals surface area (Å²) in [7, 11) is 0. The zero-order chi connectivity index (χ0) is 12.3. The molecule has 0 aromatic heterocycles. The van der Waals surface area contributed by atoms with Gasteiger partial charge in [-0.2, -0.15) is 0 Å². The van der Waals surface area contributed by atoms with Crippen molar-refractivity contribution >= 4 is 5.97 Å². The molecule has 2 N–H and O–H groups in total. The lowest BCUT2D eigenvalue weighted by atomic mass is 9.82. The fraction of sp³-hybridized carbons (Fsp3) is 0.929.